The first kappa shape index (κ1) is 20.3. The van der Waals surface area contributed by atoms with Crippen molar-refractivity contribution >= 4 is 39.3 Å². The summed E-state index contributed by atoms with van der Waals surface area (Å²) in [5.41, 5.74) is 3.18. The molecule has 0 spiro atoms. The molecule has 0 saturated heterocycles. The summed E-state index contributed by atoms with van der Waals surface area (Å²) in [6.07, 6.45) is 1.57. The lowest BCUT2D eigenvalue weighted by atomic mass is 10.1. The number of esters is 1. The van der Waals surface area contributed by atoms with Crippen LogP contribution in [0.2, 0.25) is 0 Å². The quantitative estimate of drug-likeness (QED) is 0.298. The first-order chi connectivity index (χ1) is 15.2. The number of para-hydroxylation sites is 1. The van der Waals surface area contributed by atoms with Gasteiger partial charge in [-0.2, -0.15) is 5.26 Å². The zero-order valence-electron chi connectivity index (χ0n) is 16.8. The Morgan fingerprint density at radius 1 is 1.13 bits per heavy atom. The van der Waals surface area contributed by atoms with Gasteiger partial charge >= 0.3 is 5.97 Å². The van der Waals surface area contributed by atoms with Gasteiger partial charge in [0.1, 0.15) is 16.6 Å². The van der Waals surface area contributed by atoms with Crippen LogP contribution in [0.15, 0.2) is 78.3 Å². The van der Waals surface area contributed by atoms with Crippen molar-refractivity contribution in [1.82, 2.24) is 4.98 Å². The SMILES string of the molecule is CCOC(=O)c1ccccc1N/C=C(\C#N)c1nc(-c2ccc3ccccc3c2)cs1. The first-order valence-electron chi connectivity index (χ1n) is 9.77. The van der Waals surface area contributed by atoms with Crippen molar-refractivity contribution in [3.05, 3.63) is 88.9 Å². The van der Waals surface area contributed by atoms with E-state index in [1.54, 1.807) is 31.3 Å². The van der Waals surface area contributed by atoms with Gasteiger partial charge in [-0.25, -0.2) is 9.78 Å². The smallest absolute Gasteiger partial charge is 0.340 e. The first-order valence-corrected chi connectivity index (χ1v) is 10.7. The summed E-state index contributed by atoms with van der Waals surface area (Å²) >= 11 is 1.40. The fraction of sp³-hybridized carbons (Fsp3) is 0.0800. The Hall–Kier alpha value is -3.95. The maximum Gasteiger partial charge on any atom is 0.340 e. The Morgan fingerprint density at radius 3 is 2.71 bits per heavy atom. The van der Waals surface area contributed by atoms with Gasteiger partial charge in [-0.1, -0.05) is 48.5 Å². The third-order valence-electron chi connectivity index (χ3n) is 4.69. The fourth-order valence-corrected chi connectivity index (χ4v) is 3.96. The minimum Gasteiger partial charge on any atom is -0.462 e. The highest BCUT2D eigenvalue weighted by atomic mass is 32.1. The van der Waals surface area contributed by atoms with E-state index < -0.39 is 5.97 Å². The number of hydrogen-bond donors (Lipinski definition) is 1. The molecule has 4 rings (SSSR count). The second-order valence-electron chi connectivity index (χ2n) is 6.68. The predicted octanol–water partition coefficient (Wildman–Crippen LogP) is 6.12. The molecule has 5 nitrogen and oxygen atoms in total. The third-order valence-corrected chi connectivity index (χ3v) is 5.57. The summed E-state index contributed by atoms with van der Waals surface area (Å²) in [7, 11) is 0. The maximum atomic E-state index is 12.1. The Kier molecular flexibility index (Phi) is 6.06. The number of carbonyl (C=O) groups excluding carboxylic acids is 1. The van der Waals surface area contributed by atoms with Crippen LogP contribution < -0.4 is 5.32 Å². The molecule has 0 atom stereocenters. The summed E-state index contributed by atoms with van der Waals surface area (Å²) < 4.78 is 5.09. The molecule has 4 aromatic rings. The Morgan fingerprint density at radius 2 is 1.90 bits per heavy atom. The highest BCUT2D eigenvalue weighted by Gasteiger charge is 2.13. The number of benzene rings is 3. The molecule has 1 aromatic heterocycles. The molecule has 0 radical (unpaired) electrons. The van der Waals surface area contributed by atoms with Gasteiger partial charge in [-0.3, -0.25) is 0 Å². The van der Waals surface area contributed by atoms with Crippen LogP contribution in [0.5, 0.6) is 0 Å². The van der Waals surface area contributed by atoms with Gasteiger partial charge in [0.05, 0.1) is 23.6 Å². The zero-order chi connectivity index (χ0) is 21.6. The number of carbonyl (C=O) groups is 1. The van der Waals surface area contributed by atoms with Crippen molar-refractivity contribution < 1.29 is 9.53 Å². The molecule has 0 aliphatic carbocycles. The van der Waals surface area contributed by atoms with Crippen LogP contribution >= 0.6 is 11.3 Å². The Bertz CT molecular complexity index is 1320. The van der Waals surface area contributed by atoms with Crippen molar-refractivity contribution in [2.75, 3.05) is 11.9 Å². The van der Waals surface area contributed by atoms with E-state index in [1.807, 2.05) is 29.6 Å². The zero-order valence-corrected chi connectivity index (χ0v) is 17.6. The molecule has 0 aliphatic rings. The minimum atomic E-state index is -0.412. The maximum absolute atomic E-state index is 12.1. The number of thiazole rings is 1. The number of rotatable bonds is 6. The summed E-state index contributed by atoms with van der Waals surface area (Å²) in [6, 6.07) is 23.6. The van der Waals surface area contributed by atoms with Crippen LogP contribution in [0.3, 0.4) is 0 Å². The number of nitriles is 1. The molecule has 6 heteroatoms. The van der Waals surface area contributed by atoms with E-state index in [0.717, 1.165) is 16.6 Å². The summed E-state index contributed by atoms with van der Waals surface area (Å²) in [4.78, 5) is 16.8. The van der Waals surface area contributed by atoms with E-state index >= 15 is 0 Å². The number of anilines is 1. The molecule has 3 aromatic carbocycles. The molecule has 0 aliphatic heterocycles. The average molecular weight is 426 g/mol. The molecule has 0 unspecified atom stereocenters. The summed E-state index contributed by atoms with van der Waals surface area (Å²) in [6.45, 7) is 2.06. The second-order valence-corrected chi connectivity index (χ2v) is 7.54. The predicted molar refractivity (Wildman–Crippen MR) is 125 cm³/mol. The van der Waals surface area contributed by atoms with E-state index in [2.05, 4.69) is 40.6 Å². The molecule has 1 heterocycles. The van der Waals surface area contributed by atoms with Crippen molar-refractivity contribution in [2.24, 2.45) is 0 Å². The minimum absolute atomic E-state index is 0.295. The van der Waals surface area contributed by atoms with Crippen LogP contribution in [0.25, 0.3) is 27.6 Å². The highest BCUT2D eigenvalue weighted by molar-refractivity contribution is 7.11. The standard InChI is InChI=1S/C25H19N3O2S/c1-2-30-25(29)21-9-5-6-10-22(21)27-15-20(14-26)24-28-23(16-31-24)19-12-11-17-7-3-4-8-18(17)13-19/h3-13,15-16,27H,2H2,1H3/b20-15+. The molecule has 0 saturated carbocycles. The highest BCUT2D eigenvalue weighted by Crippen LogP contribution is 2.28. The second kappa shape index (κ2) is 9.24. The topological polar surface area (TPSA) is 75.0 Å². The number of allylic oxidation sites excluding steroid dienone is 1. The van der Waals surface area contributed by atoms with Crippen LogP contribution in [-0.4, -0.2) is 17.6 Å². The number of hydrogen-bond acceptors (Lipinski definition) is 6. The van der Waals surface area contributed by atoms with Crippen molar-refractivity contribution in [3.8, 4) is 17.3 Å². The molecule has 0 amide bonds. The van der Waals surface area contributed by atoms with Gasteiger partial charge in [0.15, 0.2) is 0 Å². The van der Waals surface area contributed by atoms with Gasteiger partial charge in [0.25, 0.3) is 0 Å². The molecule has 0 bridgehead atoms. The lowest BCUT2D eigenvalue weighted by Gasteiger charge is -2.08. The number of ether oxygens (including phenoxy) is 1. The van der Waals surface area contributed by atoms with Crippen molar-refractivity contribution in [3.63, 3.8) is 0 Å². The Labute approximate surface area is 184 Å². The van der Waals surface area contributed by atoms with Crippen LogP contribution in [-0.2, 0) is 4.74 Å². The molecular formula is C25H19N3O2S. The van der Waals surface area contributed by atoms with E-state index in [-0.39, 0.29) is 0 Å². The molecule has 1 N–H and O–H groups in total. The fourth-order valence-electron chi connectivity index (χ4n) is 3.17. The van der Waals surface area contributed by atoms with Gasteiger partial charge in [-0.15, -0.1) is 11.3 Å². The average Bonchev–Trinajstić information content (AvgIpc) is 3.30. The van der Waals surface area contributed by atoms with E-state index in [0.29, 0.717) is 28.4 Å². The third kappa shape index (κ3) is 4.47. The monoisotopic (exact) mass is 425 g/mol. The summed E-state index contributed by atoms with van der Waals surface area (Å²) in [5, 5.41) is 17.6. The van der Waals surface area contributed by atoms with Gasteiger partial charge < -0.3 is 10.1 Å². The normalized spacial score (nSPS) is 11.2. The van der Waals surface area contributed by atoms with Crippen molar-refractivity contribution in [2.45, 2.75) is 6.92 Å². The molecule has 31 heavy (non-hydrogen) atoms. The summed E-state index contributed by atoms with van der Waals surface area (Å²) in [5.74, 6) is -0.412. The van der Waals surface area contributed by atoms with Gasteiger partial charge in [0, 0.05) is 17.1 Å². The van der Waals surface area contributed by atoms with Gasteiger partial charge in [0.2, 0.25) is 0 Å². The lowest BCUT2D eigenvalue weighted by molar-refractivity contribution is 0.0527. The Balaban J connectivity index is 1.59. The van der Waals surface area contributed by atoms with Crippen LogP contribution in [0.4, 0.5) is 5.69 Å². The lowest BCUT2D eigenvalue weighted by Crippen LogP contribution is -2.07. The number of fused-ring (bicyclic) bond motifs is 1. The van der Waals surface area contributed by atoms with E-state index in [9.17, 15) is 10.1 Å². The largest absolute Gasteiger partial charge is 0.462 e. The number of aromatic nitrogens is 1. The van der Waals surface area contributed by atoms with Crippen molar-refractivity contribution in [1.29, 1.82) is 5.26 Å². The van der Waals surface area contributed by atoms with Crippen LogP contribution in [0.1, 0.15) is 22.3 Å². The number of nitrogens with one attached hydrogen (secondary N) is 1. The van der Waals surface area contributed by atoms with Crippen LogP contribution in [0, 0.1) is 11.3 Å². The van der Waals surface area contributed by atoms with Gasteiger partial charge in [-0.05, 0) is 35.9 Å². The molecule has 152 valence electrons. The van der Waals surface area contributed by atoms with E-state index in [4.69, 9.17) is 4.74 Å². The molecule has 0 fully saturated rings. The number of nitrogens with zero attached hydrogens (tertiary/aromatic N) is 2. The van der Waals surface area contributed by atoms with E-state index in [1.165, 1.54) is 16.7 Å². The molecular weight excluding hydrogens is 406 g/mol.